The molecule has 5 heteroatoms. The maximum absolute atomic E-state index is 6.55. The van der Waals surface area contributed by atoms with Crippen LogP contribution < -0.4 is 4.74 Å². The monoisotopic (exact) mass is 452 g/mol. The molecule has 2 heterocycles. The molecule has 140 valence electrons. The number of benzene rings is 3. The SMILES string of the molecule is CC1(c2ccc(Br)cc2)Oc2ccccc2C2CC(c3ccc(Cl)cc3)=NN21. The van der Waals surface area contributed by atoms with Crippen molar-refractivity contribution in [1.29, 1.82) is 0 Å². The predicted octanol–water partition coefficient (Wildman–Crippen LogP) is 6.52. The molecule has 0 spiro atoms. The number of fused-ring (bicyclic) bond motifs is 3. The minimum absolute atomic E-state index is 0.129. The molecule has 0 aliphatic carbocycles. The van der Waals surface area contributed by atoms with Crippen LogP contribution in [0.4, 0.5) is 0 Å². The first-order valence-corrected chi connectivity index (χ1v) is 10.4. The summed E-state index contributed by atoms with van der Waals surface area (Å²) in [5.74, 6) is 0.918. The van der Waals surface area contributed by atoms with Crippen LogP contribution in [0.1, 0.15) is 36.1 Å². The van der Waals surface area contributed by atoms with Crippen molar-refractivity contribution in [3.8, 4) is 5.75 Å². The summed E-state index contributed by atoms with van der Waals surface area (Å²) >= 11 is 9.59. The lowest BCUT2D eigenvalue weighted by molar-refractivity contribution is -0.112. The van der Waals surface area contributed by atoms with E-state index in [0.717, 1.165) is 38.5 Å². The Bertz CT molecular complexity index is 1060. The van der Waals surface area contributed by atoms with Gasteiger partial charge in [0.15, 0.2) is 0 Å². The standard InChI is InChI=1S/C23H18BrClN2O/c1-23(16-8-10-17(24)11-9-16)27-21(19-4-2-3-5-22(19)28-23)14-20(26-27)15-6-12-18(25)13-7-15/h2-13,21H,14H2,1H3. The number of nitrogens with zero attached hydrogens (tertiary/aromatic N) is 2. The van der Waals surface area contributed by atoms with E-state index in [-0.39, 0.29) is 6.04 Å². The van der Waals surface area contributed by atoms with Gasteiger partial charge in [0.25, 0.3) is 0 Å². The van der Waals surface area contributed by atoms with Crippen molar-refractivity contribution in [2.75, 3.05) is 0 Å². The van der Waals surface area contributed by atoms with Gasteiger partial charge in [-0.2, -0.15) is 5.10 Å². The molecule has 5 rings (SSSR count). The van der Waals surface area contributed by atoms with Gasteiger partial charge in [-0.25, -0.2) is 5.01 Å². The van der Waals surface area contributed by atoms with Gasteiger partial charge >= 0.3 is 0 Å². The fourth-order valence-corrected chi connectivity index (χ4v) is 4.41. The molecule has 0 saturated carbocycles. The first-order valence-electron chi connectivity index (χ1n) is 9.21. The fraction of sp³-hybridized carbons (Fsp3) is 0.174. The van der Waals surface area contributed by atoms with Gasteiger partial charge in [-0.15, -0.1) is 0 Å². The first kappa shape index (κ1) is 17.8. The Balaban J connectivity index is 1.64. The van der Waals surface area contributed by atoms with Crippen molar-refractivity contribution in [3.63, 3.8) is 0 Å². The van der Waals surface area contributed by atoms with Crippen molar-refractivity contribution in [1.82, 2.24) is 5.01 Å². The van der Waals surface area contributed by atoms with Crippen molar-refractivity contribution >= 4 is 33.2 Å². The van der Waals surface area contributed by atoms with Crippen molar-refractivity contribution in [3.05, 3.63) is 99.0 Å². The van der Waals surface area contributed by atoms with E-state index in [4.69, 9.17) is 21.4 Å². The van der Waals surface area contributed by atoms with E-state index < -0.39 is 5.72 Å². The first-order chi connectivity index (χ1) is 13.5. The Morgan fingerprint density at radius 1 is 1.04 bits per heavy atom. The van der Waals surface area contributed by atoms with Crippen LogP contribution in [0.25, 0.3) is 0 Å². The smallest absolute Gasteiger partial charge is 0.221 e. The number of rotatable bonds is 2. The Morgan fingerprint density at radius 3 is 2.50 bits per heavy atom. The molecular formula is C23H18BrClN2O. The summed E-state index contributed by atoms with van der Waals surface area (Å²) in [6.45, 7) is 2.09. The lowest BCUT2D eigenvalue weighted by atomic mass is 9.92. The summed E-state index contributed by atoms with van der Waals surface area (Å²) < 4.78 is 7.59. The van der Waals surface area contributed by atoms with Crippen molar-refractivity contribution in [2.45, 2.75) is 25.1 Å². The average Bonchev–Trinajstić information content (AvgIpc) is 3.16. The van der Waals surface area contributed by atoms with E-state index in [2.05, 4.69) is 52.1 Å². The topological polar surface area (TPSA) is 24.8 Å². The highest BCUT2D eigenvalue weighted by Gasteiger charge is 2.48. The number of hydrogen-bond acceptors (Lipinski definition) is 3. The third-order valence-electron chi connectivity index (χ3n) is 5.49. The summed E-state index contributed by atoms with van der Waals surface area (Å²) in [4.78, 5) is 0. The number of ether oxygens (including phenoxy) is 1. The Kier molecular flexibility index (Phi) is 4.22. The second kappa shape index (κ2) is 6.64. The molecule has 3 aromatic carbocycles. The van der Waals surface area contributed by atoms with Gasteiger partial charge in [-0.3, -0.25) is 0 Å². The molecule has 3 nitrogen and oxygen atoms in total. The summed E-state index contributed by atoms with van der Waals surface area (Å²) in [6, 6.07) is 24.5. The van der Waals surface area contributed by atoms with Crippen LogP contribution in [0.5, 0.6) is 5.75 Å². The molecular weight excluding hydrogens is 436 g/mol. The molecule has 3 aromatic rings. The summed E-state index contributed by atoms with van der Waals surface area (Å²) in [5.41, 5.74) is 3.69. The van der Waals surface area contributed by atoms with E-state index in [1.54, 1.807) is 0 Å². The summed E-state index contributed by atoms with van der Waals surface area (Å²) in [6.07, 6.45) is 0.828. The molecule has 2 unspecified atom stereocenters. The molecule has 2 aliphatic rings. The molecule has 0 N–H and O–H groups in total. The van der Waals surface area contributed by atoms with E-state index in [0.29, 0.717) is 0 Å². The molecule has 0 bridgehead atoms. The molecule has 28 heavy (non-hydrogen) atoms. The second-order valence-corrected chi connectivity index (χ2v) is 8.60. The zero-order valence-corrected chi connectivity index (χ0v) is 17.6. The van der Waals surface area contributed by atoms with Crippen LogP contribution >= 0.6 is 27.5 Å². The molecule has 0 radical (unpaired) electrons. The third-order valence-corrected chi connectivity index (χ3v) is 6.27. The zero-order chi connectivity index (χ0) is 19.3. The molecule has 0 saturated heterocycles. The zero-order valence-electron chi connectivity index (χ0n) is 15.3. The van der Waals surface area contributed by atoms with Crippen molar-refractivity contribution in [2.24, 2.45) is 5.10 Å². The van der Waals surface area contributed by atoms with E-state index in [1.807, 2.05) is 48.5 Å². The molecule has 0 aromatic heterocycles. The van der Waals surface area contributed by atoms with Gasteiger partial charge in [-0.05, 0) is 35.9 Å². The number of para-hydroxylation sites is 1. The minimum atomic E-state index is -0.687. The van der Waals surface area contributed by atoms with Crippen LogP contribution in [0.2, 0.25) is 5.02 Å². The van der Waals surface area contributed by atoms with Gasteiger partial charge in [0.1, 0.15) is 5.75 Å². The van der Waals surface area contributed by atoms with Crippen LogP contribution in [0, 0.1) is 0 Å². The highest BCUT2D eigenvalue weighted by atomic mass is 79.9. The highest BCUT2D eigenvalue weighted by molar-refractivity contribution is 9.10. The third kappa shape index (κ3) is 2.83. The quantitative estimate of drug-likeness (QED) is 0.441. The lowest BCUT2D eigenvalue weighted by Gasteiger charge is -2.46. The highest BCUT2D eigenvalue weighted by Crippen LogP contribution is 2.50. The normalized spacial score (nSPS) is 22.9. The van der Waals surface area contributed by atoms with Gasteiger partial charge in [0.05, 0.1) is 11.8 Å². The molecule has 0 fully saturated rings. The van der Waals surface area contributed by atoms with Crippen molar-refractivity contribution < 1.29 is 4.74 Å². The largest absolute Gasteiger partial charge is 0.462 e. The second-order valence-electron chi connectivity index (χ2n) is 7.25. The Hall–Kier alpha value is -2.30. The van der Waals surface area contributed by atoms with Gasteiger partial charge in [-0.1, -0.05) is 70.0 Å². The van der Waals surface area contributed by atoms with E-state index in [9.17, 15) is 0 Å². The molecule has 2 aliphatic heterocycles. The maximum atomic E-state index is 6.55. The molecule has 0 amide bonds. The van der Waals surface area contributed by atoms with Crippen LogP contribution in [-0.4, -0.2) is 10.7 Å². The Morgan fingerprint density at radius 2 is 1.75 bits per heavy atom. The predicted molar refractivity (Wildman–Crippen MR) is 116 cm³/mol. The van der Waals surface area contributed by atoms with E-state index in [1.165, 1.54) is 5.56 Å². The fourth-order valence-electron chi connectivity index (χ4n) is 4.02. The van der Waals surface area contributed by atoms with Gasteiger partial charge < -0.3 is 4.74 Å². The average molecular weight is 454 g/mol. The summed E-state index contributed by atoms with van der Waals surface area (Å²) in [7, 11) is 0. The van der Waals surface area contributed by atoms with Crippen LogP contribution in [0.3, 0.4) is 0 Å². The van der Waals surface area contributed by atoms with Gasteiger partial charge in [0.2, 0.25) is 5.72 Å². The number of halogens is 2. The number of hydrazone groups is 1. The summed E-state index contributed by atoms with van der Waals surface area (Å²) in [5, 5.41) is 7.87. The van der Waals surface area contributed by atoms with Crippen LogP contribution in [0.15, 0.2) is 82.4 Å². The Labute approximate surface area is 177 Å². The molecule has 2 atom stereocenters. The number of hydrogen-bond donors (Lipinski definition) is 0. The van der Waals surface area contributed by atoms with Crippen LogP contribution in [-0.2, 0) is 5.72 Å². The maximum Gasteiger partial charge on any atom is 0.221 e. The lowest BCUT2D eigenvalue weighted by Crippen LogP contribution is -2.48. The van der Waals surface area contributed by atoms with E-state index >= 15 is 0 Å². The minimum Gasteiger partial charge on any atom is -0.462 e. The van der Waals surface area contributed by atoms with Gasteiger partial charge in [0, 0.05) is 34.0 Å².